The predicted octanol–water partition coefficient (Wildman–Crippen LogP) is 0.0817. The summed E-state index contributed by atoms with van der Waals surface area (Å²) < 4.78 is 4.40. The first-order valence-corrected chi connectivity index (χ1v) is 5.98. The van der Waals surface area contributed by atoms with E-state index in [9.17, 15) is 9.59 Å². The fraction of sp³-hybridized carbons (Fsp3) is 0.714. The molecule has 1 fully saturated rings. The standard InChI is InChI=1S/C7H11NO3S2/c1-11-6(9)2-8-7(10)5-3-12-4-13-5/h5H,2-4H2,1H3,(H,8,10). The number of carbonyl (C=O) groups excluding carboxylic acids is 2. The van der Waals surface area contributed by atoms with Gasteiger partial charge in [0.1, 0.15) is 6.54 Å². The largest absolute Gasteiger partial charge is 0.468 e. The summed E-state index contributed by atoms with van der Waals surface area (Å²) in [6, 6.07) is 0. The van der Waals surface area contributed by atoms with Crippen molar-refractivity contribution in [2.45, 2.75) is 5.25 Å². The lowest BCUT2D eigenvalue weighted by atomic mass is 10.4. The second-order valence-electron chi connectivity index (χ2n) is 2.44. The summed E-state index contributed by atoms with van der Waals surface area (Å²) in [4.78, 5) is 22.0. The summed E-state index contributed by atoms with van der Waals surface area (Å²) in [5.74, 6) is 0.349. The molecule has 1 aliphatic rings. The first kappa shape index (κ1) is 10.7. The molecule has 1 amide bonds. The second kappa shape index (κ2) is 5.39. The summed E-state index contributed by atoms with van der Waals surface area (Å²) in [6.45, 7) is -0.0307. The number of amides is 1. The van der Waals surface area contributed by atoms with Crippen molar-refractivity contribution >= 4 is 35.4 Å². The van der Waals surface area contributed by atoms with Gasteiger partial charge in [0.15, 0.2) is 0 Å². The molecule has 1 aliphatic heterocycles. The van der Waals surface area contributed by atoms with Crippen molar-refractivity contribution in [1.82, 2.24) is 5.32 Å². The normalized spacial score (nSPS) is 21.2. The quantitative estimate of drug-likeness (QED) is 0.684. The van der Waals surface area contributed by atoms with Crippen LogP contribution in [0.15, 0.2) is 0 Å². The number of hydrogen-bond donors (Lipinski definition) is 1. The van der Waals surface area contributed by atoms with Crippen LogP contribution in [0.25, 0.3) is 0 Å². The van der Waals surface area contributed by atoms with E-state index < -0.39 is 5.97 Å². The summed E-state index contributed by atoms with van der Waals surface area (Å²) in [7, 11) is 1.30. The maximum absolute atomic E-state index is 11.3. The molecule has 1 N–H and O–H groups in total. The smallest absolute Gasteiger partial charge is 0.325 e. The summed E-state index contributed by atoms with van der Waals surface area (Å²) in [5.41, 5.74) is 0. The Morgan fingerprint density at radius 1 is 1.62 bits per heavy atom. The Labute approximate surface area is 85.2 Å². The molecule has 0 saturated carbocycles. The van der Waals surface area contributed by atoms with Crippen molar-refractivity contribution in [2.75, 3.05) is 24.5 Å². The third-order valence-electron chi connectivity index (χ3n) is 1.55. The predicted molar refractivity (Wildman–Crippen MR) is 53.7 cm³/mol. The Morgan fingerprint density at radius 3 is 2.92 bits per heavy atom. The lowest BCUT2D eigenvalue weighted by molar-refractivity contribution is -0.141. The highest BCUT2D eigenvalue weighted by Crippen LogP contribution is 2.29. The molecule has 0 spiro atoms. The van der Waals surface area contributed by atoms with E-state index in [0.717, 1.165) is 10.8 Å². The zero-order valence-corrected chi connectivity index (χ0v) is 8.87. The molecular formula is C7H11NO3S2. The number of rotatable bonds is 3. The zero-order valence-electron chi connectivity index (χ0n) is 7.24. The second-order valence-corrected chi connectivity index (χ2v) is 5.02. The number of methoxy groups -OCH3 is 1. The highest BCUT2D eigenvalue weighted by Gasteiger charge is 2.23. The van der Waals surface area contributed by atoms with Gasteiger partial charge in [-0.15, -0.1) is 23.5 Å². The van der Waals surface area contributed by atoms with Gasteiger partial charge in [-0.1, -0.05) is 0 Å². The van der Waals surface area contributed by atoms with E-state index in [1.165, 1.54) is 7.11 Å². The van der Waals surface area contributed by atoms with Crippen LogP contribution in [-0.2, 0) is 14.3 Å². The fourth-order valence-corrected chi connectivity index (χ4v) is 3.53. The van der Waals surface area contributed by atoms with Crippen molar-refractivity contribution in [2.24, 2.45) is 0 Å². The molecule has 0 bridgehead atoms. The van der Waals surface area contributed by atoms with Crippen molar-refractivity contribution < 1.29 is 14.3 Å². The van der Waals surface area contributed by atoms with Gasteiger partial charge < -0.3 is 10.1 Å². The molecule has 0 radical (unpaired) electrons. The fourth-order valence-electron chi connectivity index (χ4n) is 0.830. The Bertz CT molecular complexity index is 204. The van der Waals surface area contributed by atoms with Crippen molar-refractivity contribution in [3.8, 4) is 0 Å². The molecule has 1 unspecified atom stereocenters. The van der Waals surface area contributed by atoms with Gasteiger partial charge in [0.05, 0.1) is 12.4 Å². The van der Waals surface area contributed by atoms with E-state index in [2.05, 4.69) is 10.1 Å². The third-order valence-corrected chi connectivity index (χ3v) is 4.32. The molecule has 1 rings (SSSR count). The van der Waals surface area contributed by atoms with E-state index in [-0.39, 0.29) is 17.7 Å². The average Bonchev–Trinajstić information content (AvgIpc) is 2.66. The molecule has 6 heteroatoms. The summed E-state index contributed by atoms with van der Waals surface area (Å²) in [6.07, 6.45) is 0. The molecule has 0 aromatic rings. The Balaban J connectivity index is 2.20. The minimum Gasteiger partial charge on any atom is -0.468 e. The van der Waals surface area contributed by atoms with Gasteiger partial charge >= 0.3 is 5.97 Å². The van der Waals surface area contributed by atoms with Crippen LogP contribution in [0.5, 0.6) is 0 Å². The van der Waals surface area contributed by atoms with Gasteiger partial charge in [-0.3, -0.25) is 9.59 Å². The number of hydrogen-bond acceptors (Lipinski definition) is 5. The van der Waals surface area contributed by atoms with Crippen LogP contribution in [0.1, 0.15) is 0 Å². The zero-order chi connectivity index (χ0) is 9.68. The molecule has 0 aliphatic carbocycles. The maximum Gasteiger partial charge on any atom is 0.325 e. The minimum atomic E-state index is -0.413. The number of carbonyl (C=O) groups is 2. The van der Waals surface area contributed by atoms with Gasteiger partial charge in [-0.25, -0.2) is 0 Å². The van der Waals surface area contributed by atoms with Gasteiger partial charge in [0.25, 0.3) is 0 Å². The van der Waals surface area contributed by atoms with E-state index in [4.69, 9.17) is 0 Å². The maximum atomic E-state index is 11.3. The first-order valence-electron chi connectivity index (χ1n) is 3.78. The molecule has 4 nitrogen and oxygen atoms in total. The minimum absolute atomic E-state index is 0.00495. The van der Waals surface area contributed by atoms with Gasteiger partial charge in [-0.05, 0) is 0 Å². The van der Waals surface area contributed by atoms with Crippen LogP contribution < -0.4 is 5.32 Å². The van der Waals surface area contributed by atoms with Crippen LogP contribution in [0, 0.1) is 0 Å². The molecular weight excluding hydrogens is 210 g/mol. The molecule has 0 aromatic carbocycles. The molecule has 13 heavy (non-hydrogen) atoms. The van der Waals surface area contributed by atoms with Crippen molar-refractivity contribution in [1.29, 1.82) is 0 Å². The lowest BCUT2D eigenvalue weighted by Gasteiger charge is -2.07. The average molecular weight is 221 g/mol. The highest BCUT2D eigenvalue weighted by molar-refractivity contribution is 8.19. The van der Waals surface area contributed by atoms with Crippen LogP contribution in [0.3, 0.4) is 0 Å². The number of esters is 1. The monoisotopic (exact) mass is 221 g/mol. The number of thioether (sulfide) groups is 2. The van der Waals surface area contributed by atoms with Crippen LogP contribution in [0.2, 0.25) is 0 Å². The van der Waals surface area contributed by atoms with Gasteiger partial charge in [-0.2, -0.15) is 0 Å². The van der Waals surface area contributed by atoms with E-state index in [1.807, 2.05) is 0 Å². The van der Waals surface area contributed by atoms with E-state index >= 15 is 0 Å². The van der Waals surface area contributed by atoms with Crippen molar-refractivity contribution in [3.63, 3.8) is 0 Å². The van der Waals surface area contributed by atoms with Crippen LogP contribution in [0.4, 0.5) is 0 Å². The Hall–Kier alpha value is -0.360. The van der Waals surface area contributed by atoms with Gasteiger partial charge in [0, 0.05) is 10.8 Å². The Morgan fingerprint density at radius 2 is 2.38 bits per heavy atom. The summed E-state index contributed by atoms with van der Waals surface area (Å²) >= 11 is 3.35. The van der Waals surface area contributed by atoms with E-state index in [0.29, 0.717) is 0 Å². The molecule has 1 atom stereocenters. The topological polar surface area (TPSA) is 55.4 Å². The van der Waals surface area contributed by atoms with Crippen molar-refractivity contribution in [3.05, 3.63) is 0 Å². The van der Waals surface area contributed by atoms with Crippen LogP contribution >= 0.6 is 23.5 Å². The lowest BCUT2D eigenvalue weighted by Crippen LogP contribution is -2.36. The van der Waals surface area contributed by atoms with E-state index in [1.54, 1.807) is 23.5 Å². The molecule has 0 aromatic heterocycles. The number of nitrogens with one attached hydrogen (secondary N) is 1. The highest BCUT2D eigenvalue weighted by atomic mass is 32.2. The molecule has 1 heterocycles. The molecule has 74 valence electrons. The SMILES string of the molecule is COC(=O)CNC(=O)C1CSCS1. The third kappa shape index (κ3) is 3.48. The molecule has 1 saturated heterocycles. The summed E-state index contributed by atoms with van der Waals surface area (Å²) in [5, 5.41) is 3.48. The number of ether oxygens (including phenoxy) is 1. The first-order chi connectivity index (χ1) is 6.24. The van der Waals surface area contributed by atoms with Gasteiger partial charge in [0.2, 0.25) is 5.91 Å². The Kier molecular flexibility index (Phi) is 4.44. The van der Waals surface area contributed by atoms with Crippen LogP contribution in [-0.4, -0.2) is 41.6 Å².